The lowest BCUT2D eigenvalue weighted by Crippen LogP contribution is -2.35. The van der Waals surface area contributed by atoms with E-state index in [2.05, 4.69) is 10.1 Å². The first-order valence-corrected chi connectivity index (χ1v) is 5.31. The quantitative estimate of drug-likeness (QED) is 0.581. The molecule has 0 bridgehead atoms. The lowest BCUT2D eigenvalue weighted by molar-refractivity contribution is -0.140. The van der Waals surface area contributed by atoms with Gasteiger partial charge in [0.15, 0.2) is 0 Å². The van der Waals surface area contributed by atoms with Gasteiger partial charge in [-0.3, -0.25) is 9.59 Å². The molecular formula is C10H16ClNO3. The molecule has 1 saturated carbocycles. The van der Waals surface area contributed by atoms with Crippen LogP contribution in [0.1, 0.15) is 20.3 Å². The van der Waals surface area contributed by atoms with Gasteiger partial charge < -0.3 is 10.1 Å². The monoisotopic (exact) mass is 233 g/mol. The lowest BCUT2D eigenvalue weighted by Gasteiger charge is -2.09. The molecule has 1 rings (SSSR count). The number of rotatable bonds is 4. The number of carbonyl (C=O) groups is 2. The highest BCUT2D eigenvalue weighted by Crippen LogP contribution is 2.51. The Morgan fingerprint density at radius 1 is 1.60 bits per heavy atom. The van der Waals surface area contributed by atoms with Crippen LogP contribution < -0.4 is 5.32 Å². The van der Waals surface area contributed by atoms with Gasteiger partial charge in [0.05, 0.1) is 7.11 Å². The minimum absolute atomic E-state index is 0.0328. The second-order valence-corrected chi connectivity index (χ2v) is 5.01. The zero-order valence-electron chi connectivity index (χ0n) is 9.17. The fourth-order valence-electron chi connectivity index (χ4n) is 1.44. The van der Waals surface area contributed by atoms with Gasteiger partial charge >= 0.3 is 5.97 Å². The molecule has 0 aliphatic heterocycles. The number of carbonyl (C=O) groups excluding carboxylic acids is 2. The molecule has 86 valence electrons. The van der Waals surface area contributed by atoms with Crippen molar-refractivity contribution in [2.75, 3.05) is 13.7 Å². The Bertz CT molecular complexity index is 278. The maximum absolute atomic E-state index is 11.5. The molecule has 2 unspecified atom stereocenters. The average molecular weight is 234 g/mol. The van der Waals surface area contributed by atoms with Gasteiger partial charge in [-0.25, -0.2) is 0 Å². The van der Waals surface area contributed by atoms with Crippen LogP contribution in [0.3, 0.4) is 0 Å². The minimum Gasteiger partial charge on any atom is -0.468 e. The number of ether oxygens (including phenoxy) is 1. The average Bonchev–Trinajstić information content (AvgIpc) is 2.82. The van der Waals surface area contributed by atoms with E-state index in [-0.39, 0.29) is 23.8 Å². The molecular weight excluding hydrogens is 218 g/mol. The minimum atomic E-state index is -0.805. The van der Waals surface area contributed by atoms with E-state index < -0.39 is 11.3 Å². The van der Waals surface area contributed by atoms with E-state index in [4.69, 9.17) is 11.6 Å². The largest absolute Gasteiger partial charge is 0.468 e. The lowest BCUT2D eigenvalue weighted by atomic mass is 10.1. The van der Waals surface area contributed by atoms with Gasteiger partial charge in [-0.2, -0.15) is 0 Å². The second kappa shape index (κ2) is 4.39. The van der Waals surface area contributed by atoms with E-state index in [9.17, 15) is 9.59 Å². The predicted molar refractivity (Wildman–Crippen MR) is 56.6 cm³/mol. The van der Waals surface area contributed by atoms with Crippen LogP contribution in [0.25, 0.3) is 0 Å². The molecule has 0 radical (unpaired) electrons. The first-order chi connectivity index (χ1) is 6.88. The molecule has 0 aromatic carbocycles. The van der Waals surface area contributed by atoms with Crippen molar-refractivity contribution in [2.24, 2.45) is 11.3 Å². The van der Waals surface area contributed by atoms with E-state index in [0.29, 0.717) is 0 Å². The molecule has 0 heterocycles. The third kappa shape index (κ3) is 3.09. The van der Waals surface area contributed by atoms with E-state index in [1.165, 1.54) is 7.11 Å². The number of alkyl halides is 1. The molecule has 1 N–H and O–H groups in total. The standard InChI is InChI=1S/C10H16ClNO3/c1-10(2)4-6(10)8(13)12-5-7(11)9(14)15-3/h6-7H,4-5H2,1-3H3,(H,12,13). The normalized spacial score (nSPS) is 24.1. The molecule has 0 aromatic heterocycles. The van der Waals surface area contributed by atoms with E-state index in [1.54, 1.807) is 0 Å². The summed E-state index contributed by atoms with van der Waals surface area (Å²) in [5.41, 5.74) is 0.0944. The van der Waals surface area contributed by atoms with Gasteiger partial charge in [-0.15, -0.1) is 11.6 Å². The Labute approximate surface area is 94.3 Å². The first kappa shape index (κ1) is 12.3. The number of hydrogen-bond acceptors (Lipinski definition) is 3. The van der Waals surface area contributed by atoms with Crippen molar-refractivity contribution in [1.29, 1.82) is 0 Å². The molecule has 15 heavy (non-hydrogen) atoms. The van der Waals surface area contributed by atoms with Gasteiger partial charge in [-0.05, 0) is 11.8 Å². The molecule has 0 aromatic rings. The second-order valence-electron chi connectivity index (χ2n) is 4.48. The zero-order valence-corrected chi connectivity index (χ0v) is 9.93. The summed E-state index contributed by atoms with van der Waals surface area (Å²) < 4.78 is 4.44. The third-order valence-electron chi connectivity index (χ3n) is 2.74. The SMILES string of the molecule is COC(=O)C(Cl)CNC(=O)C1CC1(C)C. The smallest absolute Gasteiger partial charge is 0.325 e. The Balaban J connectivity index is 2.26. The van der Waals surface area contributed by atoms with Crippen LogP contribution >= 0.6 is 11.6 Å². The number of nitrogens with one attached hydrogen (secondary N) is 1. The van der Waals surface area contributed by atoms with E-state index in [1.807, 2.05) is 13.8 Å². The fraction of sp³-hybridized carbons (Fsp3) is 0.800. The Hall–Kier alpha value is -0.770. The maximum Gasteiger partial charge on any atom is 0.325 e. The number of amides is 1. The summed E-state index contributed by atoms with van der Waals surface area (Å²) in [5.74, 6) is -0.499. The third-order valence-corrected chi connectivity index (χ3v) is 3.07. The van der Waals surface area contributed by atoms with Crippen LogP contribution in [-0.4, -0.2) is 30.9 Å². The highest BCUT2D eigenvalue weighted by molar-refractivity contribution is 6.30. The molecule has 1 aliphatic carbocycles. The first-order valence-electron chi connectivity index (χ1n) is 4.88. The van der Waals surface area contributed by atoms with Crippen molar-refractivity contribution < 1.29 is 14.3 Å². The van der Waals surface area contributed by atoms with Crippen LogP contribution in [0.2, 0.25) is 0 Å². The fourth-order valence-corrected chi connectivity index (χ4v) is 1.61. The molecule has 1 amide bonds. The highest BCUT2D eigenvalue weighted by atomic mass is 35.5. The highest BCUT2D eigenvalue weighted by Gasteiger charge is 2.50. The number of halogens is 1. The summed E-state index contributed by atoms with van der Waals surface area (Å²) in [6.45, 7) is 4.20. The molecule has 2 atom stereocenters. The van der Waals surface area contributed by atoms with E-state index >= 15 is 0 Å². The Morgan fingerprint density at radius 2 is 2.13 bits per heavy atom. The van der Waals surface area contributed by atoms with Crippen molar-refractivity contribution in [3.8, 4) is 0 Å². The molecule has 4 nitrogen and oxygen atoms in total. The maximum atomic E-state index is 11.5. The van der Waals surface area contributed by atoms with E-state index in [0.717, 1.165) is 6.42 Å². The predicted octanol–water partition coefficient (Wildman–Crippen LogP) is 0.929. The van der Waals surface area contributed by atoms with Crippen LogP contribution in [0.5, 0.6) is 0 Å². The number of esters is 1. The molecule has 0 spiro atoms. The zero-order chi connectivity index (χ0) is 11.6. The van der Waals surface area contributed by atoms with Crippen LogP contribution in [0.4, 0.5) is 0 Å². The van der Waals surface area contributed by atoms with Crippen molar-refractivity contribution in [3.05, 3.63) is 0 Å². The van der Waals surface area contributed by atoms with Crippen molar-refractivity contribution >= 4 is 23.5 Å². The Kier molecular flexibility index (Phi) is 3.60. The summed E-state index contributed by atoms with van der Waals surface area (Å²) in [6, 6.07) is 0. The van der Waals surface area contributed by atoms with Gasteiger partial charge in [0.25, 0.3) is 0 Å². The van der Waals surface area contributed by atoms with Crippen LogP contribution in [0.15, 0.2) is 0 Å². The number of methoxy groups -OCH3 is 1. The van der Waals surface area contributed by atoms with Crippen molar-refractivity contribution in [1.82, 2.24) is 5.32 Å². The van der Waals surface area contributed by atoms with Gasteiger partial charge in [0.1, 0.15) is 5.38 Å². The van der Waals surface area contributed by atoms with Crippen LogP contribution in [-0.2, 0) is 14.3 Å². The van der Waals surface area contributed by atoms with Crippen molar-refractivity contribution in [2.45, 2.75) is 25.6 Å². The van der Waals surface area contributed by atoms with Gasteiger partial charge in [0, 0.05) is 12.5 Å². The molecule has 0 saturated heterocycles. The summed E-state index contributed by atoms with van der Waals surface area (Å²) >= 11 is 5.68. The number of hydrogen-bond donors (Lipinski definition) is 1. The topological polar surface area (TPSA) is 55.4 Å². The summed E-state index contributed by atoms with van der Waals surface area (Å²) in [7, 11) is 1.27. The Morgan fingerprint density at radius 3 is 2.53 bits per heavy atom. The molecule has 1 aliphatic rings. The van der Waals surface area contributed by atoms with Gasteiger partial charge in [0.2, 0.25) is 5.91 Å². The summed E-state index contributed by atoms with van der Waals surface area (Å²) in [4.78, 5) is 22.4. The van der Waals surface area contributed by atoms with Gasteiger partial charge in [-0.1, -0.05) is 13.8 Å². The van der Waals surface area contributed by atoms with Crippen molar-refractivity contribution in [3.63, 3.8) is 0 Å². The van der Waals surface area contributed by atoms with Crippen LogP contribution in [0, 0.1) is 11.3 Å². The summed E-state index contributed by atoms with van der Waals surface area (Å²) in [5, 5.41) is 1.84. The summed E-state index contributed by atoms with van der Waals surface area (Å²) in [6.07, 6.45) is 0.893. The molecule has 1 fully saturated rings. The molecule has 5 heteroatoms.